The molecule has 0 aliphatic rings. The van der Waals surface area contributed by atoms with Crippen molar-refractivity contribution in [3.8, 4) is 0 Å². The van der Waals surface area contributed by atoms with Crippen LogP contribution in [0.3, 0.4) is 0 Å². The molecule has 0 unspecified atom stereocenters. The zero-order chi connectivity index (χ0) is 12.8. The second-order valence-electron chi connectivity index (χ2n) is 3.75. The van der Waals surface area contributed by atoms with Crippen LogP contribution in [0.1, 0.15) is 12.5 Å². The number of nitrogens with zero attached hydrogens (tertiary/aromatic N) is 1. The molecule has 0 saturated heterocycles. The molecule has 0 radical (unpaired) electrons. The lowest BCUT2D eigenvalue weighted by molar-refractivity contribution is -0.128. The predicted octanol–water partition coefficient (Wildman–Crippen LogP) is 2.05. The van der Waals surface area contributed by atoms with Gasteiger partial charge in [0.1, 0.15) is 5.82 Å². The van der Waals surface area contributed by atoms with E-state index in [0.29, 0.717) is 17.1 Å². The number of nitrogens with one attached hydrogen (secondary N) is 1. The lowest BCUT2D eigenvalue weighted by Gasteiger charge is -2.14. The molecular weight excluding hydrogens is 243 g/mol. The fraction of sp³-hybridized carbons (Fsp3) is 0.417. The summed E-state index contributed by atoms with van der Waals surface area (Å²) in [6.07, 6.45) is 0. The quantitative estimate of drug-likeness (QED) is 0.877. The molecule has 0 bridgehead atoms. The predicted molar refractivity (Wildman–Crippen MR) is 66.4 cm³/mol. The first-order valence-electron chi connectivity index (χ1n) is 5.43. The van der Waals surface area contributed by atoms with Crippen LogP contribution in [0.15, 0.2) is 18.2 Å². The van der Waals surface area contributed by atoms with Gasteiger partial charge >= 0.3 is 0 Å². The maximum Gasteiger partial charge on any atom is 0.236 e. The van der Waals surface area contributed by atoms with Gasteiger partial charge < -0.3 is 10.2 Å². The second kappa shape index (κ2) is 6.57. The summed E-state index contributed by atoms with van der Waals surface area (Å²) in [5, 5.41) is 3.38. The number of hydrogen-bond donors (Lipinski definition) is 1. The Morgan fingerprint density at radius 1 is 1.53 bits per heavy atom. The molecule has 0 atom stereocenters. The Morgan fingerprint density at radius 2 is 2.24 bits per heavy atom. The summed E-state index contributed by atoms with van der Waals surface area (Å²) in [6.45, 7) is 3.03. The molecular formula is C12H16ClFN2O. The van der Waals surface area contributed by atoms with E-state index < -0.39 is 0 Å². The van der Waals surface area contributed by atoms with Gasteiger partial charge in [-0.05, 0) is 25.1 Å². The Balaban J connectivity index is 2.46. The van der Waals surface area contributed by atoms with E-state index in [0.717, 1.165) is 0 Å². The molecule has 0 aromatic heterocycles. The van der Waals surface area contributed by atoms with Crippen molar-refractivity contribution in [1.82, 2.24) is 10.2 Å². The van der Waals surface area contributed by atoms with Crippen molar-refractivity contribution in [2.24, 2.45) is 0 Å². The number of likely N-dealkylation sites (N-methyl/N-ethyl adjacent to an activating group) is 1. The fourth-order valence-electron chi connectivity index (χ4n) is 1.29. The summed E-state index contributed by atoms with van der Waals surface area (Å²) in [5.74, 6) is -0.340. The van der Waals surface area contributed by atoms with Gasteiger partial charge in [-0.3, -0.25) is 4.79 Å². The van der Waals surface area contributed by atoms with Gasteiger partial charge in [0, 0.05) is 30.7 Å². The van der Waals surface area contributed by atoms with Crippen LogP contribution in [0, 0.1) is 5.82 Å². The van der Waals surface area contributed by atoms with Crippen LogP contribution in [-0.4, -0.2) is 30.9 Å². The molecule has 0 heterocycles. The van der Waals surface area contributed by atoms with E-state index in [2.05, 4.69) is 5.32 Å². The van der Waals surface area contributed by atoms with Gasteiger partial charge in [0.2, 0.25) is 5.91 Å². The van der Waals surface area contributed by atoms with Crippen LogP contribution >= 0.6 is 11.6 Å². The smallest absolute Gasteiger partial charge is 0.236 e. The summed E-state index contributed by atoms with van der Waals surface area (Å²) in [6, 6.07) is 4.37. The number of amides is 1. The van der Waals surface area contributed by atoms with E-state index in [1.807, 2.05) is 6.92 Å². The van der Waals surface area contributed by atoms with E-state index in [1.165, 1.54) is 12.1 Å². The van der Waals surface area contributed by atoms with Crippen LogP contribution in [0.4, 0.5) is 4.39 Å². The Hall–Kier alpha value is -1.13. The highest BCUT2D eigenvalue weighted by Gasteiger charge is 2.07. The highest BCUT2D eigenvalue weighted by atomic mass is 35.5. The summed E-state index contributed by atoms with van der Waals surface area (Å²) in [7, 11) is 1.73. The largest absolute Gasteiger partial charge is 0.345 e. The van der Waals surface area contributed by atoms with Gasteiger partial charge in [0.05, 0.1) is 6.54 Å². The van der Waals surface area contributed by atoms with Crippen molar-refractivity contribution in [2.75, 3.05) is 20.1 Å². The minimum Gasteiger partial charge on any atom is -0.345 e. The van der Waals surface area contributed by atoms with E-state index >= 15 is 0 Å². The molecule has 1 aromatic rings. The molecule has 17 heavy (non-hydrogen) atoms. The van der Waals surface area contributed by atoms with Crippen molar-refractivity contribution in [3.05, 3.63) is 34.6 Å². The number of carbonyl (C=O) groups excluding carboxylic acids is 1. The third kappa shape index (κ3) is 4.32. The summed E-state index contributed by atoms with van der Waals surface area (Å²) in [5.41, 5.74) is 0.462. The molecule has 1 rings (SSSR count). The molecule has 94 valence electrons. The molecule has 0 fully saturated rings. The average Bonchev–Trinajstić information content (AvgIpc) is 2.32. The molecule has 1 aromatic carbocycles. The Bertz CT molecular complexity index is 398. The van der Waals surface area contributed by atoms with Crippen molar-refractivity contribution < 1.29 is 9.18 Å². The van der Waals surface area contributed by atoms with Gasteiger partial charge in [0.25, 0.3) is 0 Å². The molecule has 0 aliphatic carbocycles. The number of rotatable bonds is 5. The van der Waals surface area contributed by atoms with Crippen molar-refractivity contribution >= 4 is 17.5 Å². The number of carbonyl (C=O) groups is 1. The third-order valence-electron chi connectivity index (χ3n) is 2.50. The van der Waals surface area contributed by atoms with E-state index in [-0.39, 0.29) is 24.8 Å². The highest BCUT2D eigenvalue weighted by molar-refractivity contribution is 6.30. The maximum atomic E-state index is 13.3. The number of hydrogen-bond acceptors (Lipinski definition) is 2. The standard InChI is InChI=1S/C12H16ClFN2O/c1-3-16(2)12(17)8-15-7-9-6-10(13)4-5-11(9)14/h4-6,15H,3,7-8H2,1-2H3. The molecule has 1 amide bonds. The first-order chi connectivity index (χ1) is 8.04. The first kappa shape index (κ1) is 13.9. The molecule has 0 aliphatic heterocycles. The zero-order valence-electron chi connectivity index (χ0n) is 9.96. The first-order valence-corrected chi connectivity index (χ1v) is 5.81. The molecule has 0 saturated carbocycles. The number of benzene rings is 1. The lowest BCUT2D eigenvalue weighted by Crippen LogP contribution is -2.35. The van der Waals surface area contributed by atoms with Gasteiger partial charge in [-0.25, -0.2) is 4.39 Å². The topological polar surface area (TPSA) is 32.3 Å². The van der Waals surface area contributed by atoms with Crippen LogP contribution < -0.4 is 5.32 Å². The van der Waals surface area contributed by atoms with E-state index in [9.17, 15) is 9.18 Å². The minimum atomic E-state index is -0.321. The molecule has 3 nitrogen and oxygen atoms in total. The summed E-state index contributed by atoms with van der Waals surface area (Å²) >= 11 is 5.76. The summed E-state index contributed by atoms with van der Waals surface area (Å²) in [4.78, 5) is 13.1. The van der Waals surface area contributed by atoms with Crippen LogP contribution in [0.5, 0.6) is 0 Å². The summed E-state index contributed by atoms with van der Waals surface area (Å²) < 4.78 is 13.3. The van der Waals surface area contributed by atoms with Crippen LogP contribution in [0.25, 0.3) is 0 Å². The molecule has 0 spiro atoms. The molecule has 1 N–H and O–H groups in total. The SMILES string of the molecule is CCN(C)C(=O)CNCc1cc(Cl)ccc1F. The maximum absolute atomic E-state index is 13.3. The van der Waals surface area contributed by atoms with Crippen molar-refractivity contribution in [1.29, 1.82) is 0 Å². The average molecular weight is 259 g/mol. The highest BCUT2D eigenvalue weighted by Crippen LogP contribution is 2.14. The second-order valence-corrected chi connectivity index (χ2v) is 4.18. The monoisotopic (exact) mass is 258 g/mol. The Kier molecular flexibility index (Phi) is 5.38. The minimum absolute atomic E-state index is 0.0186. The van der Waals surface area contributed by atoms with Gasteiger partial charge in [0.15, 0.2) is 0 Å². The van der Waals surface area contributed by atoms with Gasteiger partial charge in [-0.1, -0.05) is 11.6 Å². The molecule has 5 heteroatoms. The number of halogens is 2. The Labute approximate surface area is 106 Å². The lowest BCUT2D eigenvalue weighted by atomic mass is 10.2. The zero-order valence-corrected chi connectivity index (χ0v) is 10.7. The van der Waals surface area contributed by atoms with Crippen molar-refractivity contribution in [2.45, 2.75) is 13.5 Å². The fourth-order valence-corrected chi connectivity index (χ4v) is 1.49. The normalized spacial score (nSPS) is 10.4. The van der Waals surface area contributed by atoms with Crippen LogP contribution in [-0.2, 0) is 11.3 Å². The van der Waals surface area contributed by atoms with Crippen molar-refractivity contribution in [3.63, 3.8) is 0 Å². The van der Waals surface area contributed by atoms with E-state index in [4.69, 9.17) is 11.6 Å². The van der Waals surface area contributed by atoms with Gasteiger partial charge in [-0.2, -0.15) is 0 Å². The van der Waals surface area contributed by atoms with Gasteiger partial charge in [-0.15, -0.1) is 0 Å². The van der Waals surface area contributed by atoms with E-state index in [1.54, 1.807) is 18.0 Å². The Morgan fingerprint density at radius 3 is 2.88 bits per heavy atom. The third-order valence-corrected chi connectivity index (χ3v) is 2.73. The van der Waals surface area contributed by atoms with Crippen LogP contribution in [0.2, 0.25) is 5.02 Å².